The van der Waals surface area contributed by atoms with Gasteiger partial charge in [-0.15, -0.1) is 11.3 Å². The van der Waals surface area contributed by atoms with Crippen molar-refractivity contribution in [2.75, 3.05) is 0 Å². The van der Waals surface area contributed by atoms with Gasteiger partial charge in [0, 0.05) is 11.6 Å². The highest BCUT2D eigenvalue weighted by Gasteiger charge is 2.13. The van der Waals surface area contributed by atoms with Crippen molar-refractivity contribution in [1.82, 2.24) is 4.98 Å². The Balaban J connectivity index is 2.79. The van der Waals surface area contributed by atoms with E-state index < -0.39 is 5.97 Å². The van der Waals surface area contributed by atoms with Gasteiger partial charge in [-0.1, -0.05) is 0 Å². The molecule has 0 fully saturated rings. The molecule has 0 radical (unpaired) electrons. The number of carbonyl (C=O) groups is 1. The zero-order valence-electron chi connectivity index (χ0n) is 5.80. The van der Waals surface area contributed by atoms with Gasteiger partial charge in [0.2, 0.25) is 0 Å². The molecule has 5 heteroatoms. The molecule has 0 aromatic carbocycles. The number of halogens is 1. The number of hydrogen-bond acceptors (Lipinski definition) is 2. The van der Waals surface area contributed by atoms with Gasteiger partial charge in [0.05, 0.1) is 20.3 Å². The van der Waals surface area contributed by atoms with Crippen LogP contribution in [0.15, 0.2) is 16.0 Å². The van der Waals surface area contributed by atoms with E-state index in [0.717, 1.165) is 14.7 Å². The van der Waals surface area contributed by atoms with Crippen LogP contribution in [0, 0.1) is 0 Å². The molecule has 0 saturated heterocycles. The number of H-pyrrole nitrogens is 1. The molecule has 3 nitrogen and oxygen atoms in total. The van der Waals surface area contributed by atoms with Crippen LogP contribution in [0.3, 0.4) is 0 Å². The lowest BCUT2D eigenvalue weighted by Gasteiger charge is -1.83. The third-order valence-electron chi connectivity index (χ3n) is 1.58. The van der Waals surface area contributed by atoms with E-state index in [1.165, 1.54) is 17.5 Å². The van der Waals surface area contributed by atoms with E-state index in [1.807, 2.05) is 5.38 Å². The van der Waals surface area contributed by atoms with Crippen molar-refractivity contribution in [3.05, 3.63) is 21.6 Å². The third-order valence-corrected chi connectivity index (χ3v) is 3.52. The Hall–Kier alpha value is -0.810. The van der Waals surface area contributed by atoms with Gasteiger partial charge in [-0.2, -0.15) is 0 Å². The lowest BCUT2D eigenvalue weighted by Crippen LogP contribution is -1.92. The van der Waals surface area contributed by atoms with Crippen LogP contribution >= 0.6 is 27.3 Å². The molecule has 12 heavy (non-hydrogen) atoms. The first-order valence-corrected chi connectivity index (χ1v) is 4.85. The molecular weight excluding hydrogens is 242 g/mol. The lowest BCUT2D eigenvalue weighted by molar-refractivity contribution is 0.0699. The van der Waals surface area contributed by atoms with E-state index in [2.05, 4.69) is 20.9 Å². The number of aromatic carboxylic acids is 1. The number of hydrogen-bond donors (Lipinski definition) is 2. The van der Waals surface area contributed by atoms with Crippen LogP contribution in [0.5, 0.6) is 0 Å². The Kier molecular flexibility index (Phi) is 1.69. The number of rotatable bonds is 1. The number of nitrogens with one attached hydrogen (secondary N) is 1. The summed E-state index contributed by atoms with van der Waals surface area (Å²) in [6.45, 7) is 0. The molecule has 0 aliphatic rings. The largest absolute Gasteiger partial charge is 0.478 e. The fraction of sp³-hybridized carbons (Fsp3) is 0. The second-order valence-corrected chi connectivity index (χ2v) is 4.03. The standard InChI is InChI=1S/C7H4BrNO2S/c8-4-2-12-6-3(7(10)11)1-9-5(4)6/h1-2,9H,(H,10,11). The third kappa shape index (κ3) is 0.971. The Bertz CT molecular complexity index is 445. The van der Waals surface area contributed by atoms with Gasteiger partial charge >= 0.3 is 5.97 Å². The number of thiophene rings is 1. The van der Waals surface area contributed by atoms with Gasteiger partial charge in [0.15, 0.2) is 0 Å². The summed E-state index contributed by atoms with van der Waals surface area (Å²) in [5, 5.41) is 10.6. The molecule has 2 rings (SSSR count). The first kappa shape index (κ1) is 7.82. The summed E-state index contributed by atoms with van der Waals surface area (Å²) in [6, 6.07) is 0. The van der Waals surface area contributed by atoms with Crippen molar-refractivity contribution in [2.45, 2.75) is 0 Å². The van der Waals surface area contributed by atoms with E-state index in [4.69, 9.17) is 5.11 Å². The van der Waals surface area contributed by atoms with Crippen molar-refractivity contribution < 1.29 is 9.90 Å². The van der Waals surface area contributed by atoms with E-state index in [1.54, 1.807) is 0 Å². The molecule has 0 aliphatic carbocycles. The molecule has 62 valence electrons. The maximum atomic E-state index is 10.7. The van der Waals surface area contributed by atoms with Crippen LogP contribution in [0.4, 0.5) is 0 Å². The van der Waals surface area contributed by atoms with E-state index >= 15 is 0 Å². The number of carboxylic acids is 1. The maximum Gasteiger partial charge on any atom is 0.338 e. The van der Waals surface area contributed by atoms with Crippen LogP contribution in [-0.4, -0.2) is 16.1 Å². The molecule has 2 heterocycles. The fourth-order valence-corrected chi connectivity index (χ4v) is 2.66. The monoisotopic (exact) mass is 245 g/mol. The average molecular weight is 246 g/mol. The van der Waals surface area contributed by atoms with Crippen LogP contribution in [0.1, 0.15) is 10.4 Å². The fourth-order valence-electron chi connectivity index (χ4n) is 1.04. The number of aromatic nitrogens is 1. The lowest BCUT2D eigenvalue weighted by atomic mass is 10.3. The first-order valence-electron chi connectivity index (χ1n) is 3.17. The maximum absolute atomic E-state index is 10.7. The average Bonchev–Trinajstić information content (AvgIpc) is 2.53. The Morgan fingerprint density at radius 1 is 1.67 bits per heavy atom. The molecule has 2 aromatic heterocycles. The molecule has 0 bridgehead atoms. The van der Waals surface area contributed by atoms with Crippen LogP contribution in [0.25, 0.3) is 10.2 Å². The van der Waals surface area contributed by atoms with Gasteiger partial charge in [-0.3, -0.25) is 0 Å². The summed E-state index contributed by atoms with van der Waals surface area (Å²) >= 11 is 4.73. The van der Waals surface area contributed by atoms with Gasteiger partial charge in [-0.25, -0.2) is 4.79 Å². The predicted molar refractivity (Wildman–Crippen MR) is 50.8 cm³/mol. The topological polar surface area (TPSA) is 53.1 Å². The first-order chi connectivity index (χ1) is 5.70. The zero-order chi connectivity index (χ0) is 8.72. The van der Waals surface area contributed by atoms with Crippen LogP contribution < -0.4 is 0 Å². The highest BCUT2D eigenvalue weighted by molar-refractivity contribution is 9.10. The number of carboxylic acid groups (broad SMARTS) is 1. The minimum absolute atomic E-state index is 0.334. The normalized spacial score (nSPS) is 10.8. The summed E-state index contributed by atoms with van der Waals surface area (Å²) in [6.07, 6.45) is 1.51. The summed E-state index contributed by atoms with van der Waals surface area (Å²) in [7, 11) is 0. The molecular formula is C7H4BrNO2S. The molecule has 2 aromatic rings. The van der Waals surface area contributed by atoms with Crippen molar-refractivity contribution >= 4 is 43.5 Å². The predicted octanol–water partition coefficient (Wildman–Crippen LogP) is 2.69. The van der Waals surface area contributed by atoms with Crippen molar-refractivity contribution in [3.8, 4) is 0 Å². The Labute approximate surface area is 80.2 Å². The minimum atomic E-state index is -0.893. The summed E-state index contributed by atoms with van der Waals surface area (Å²) in [4.78, 5) is 13.6. The summed E-state index contributed by atoms with van der Waals surface area (Å²) in [5.74, 6) is -0.893. The second-order valence-electron chi connectivity index (χ2n) is 2.30. The van der Waals surface area contributed by atoms with E-state index in [0.29, 0.717) is 5.56 Å². The molecule has 0 unspecified atom stereocenters. The molecule has 0 saturated carbocycles. The molecule has 0 amide bonds. The van der Waals surface area contributed by atoms with Crippen molar-refractivity contribution in [3.63, 3.8) is 0 Å². The van der Waals surface area contributed by atoms with Gasteiger partial charge in [0.25, 0.3) is 0 Å². The van der Waals surface area contributed by atoms with Gasteiger partial charge < -0.3 is 10.1 Å². The van der Waals surface area contributed by atoms with Gasteiger partial charge in [0.1, 0.15) is 0 Å². The van der Waals surface area contributed by atoms with Crippen molar-refractivity contribution in [2.24, 2.45) is 0 Å². The number of fused-ring (bicyclic) bond motifs is 1. The molecule has 0 spiro atoms. The molecule has 0 atom stereocenters. The summed E-state index contributed by atoms with van der Waals surface area (Å²) in [5.41, 5.74) is 1.19. The van der Waals surface area contributed by atoms with E-state index in [-0.39, 0.29) is 0 Å². The second kappa shape index (κ2) is 2.60. The van der Waals surface area contributed by atoms with E-state index in [9.17, 15) is 4.79 Å². The Morgan fingerprint density at radius 3 is 3.08 bits per heavy atom. The number of aromatic amines is 1. The highest BCUT2D eigenvalue weighted by Crippen LogP contribution is 2.31. The minimum Gasteiger partial charge on any atom is -0.478 e. The molecule has 0 aliphatic heterocycles. The SMILES string of the molecule is O=C(O)c1c[nH]c2c(Br)csc12. The Morgan fingerprint density at radius 2 is 2.42 bits per heavy atom. The zero-order valence-corrected chi connectivity index (χ0v) is 8.20. The smallest absolute Gasteiger partial charge is 0.338 e. The van der Waals surface area contributed by atoms with Crippen LogP contribution in [-0.2, 0) is 0 Å². The van der Waals surface area contributed by atoms with Gasteiger partial charge in [-0.05, 0) is 15.9 Å². The molecule has 2 N–H and O–H groups in total. The quantitative estimate of drug-likeness (QED) is 0.812. The summed E-state index contributed by atoms with van der Waals surface area (Å²) < 4.78 is 1.70. The van der Waals surface area contributed by atoms with Crippen LogP contribution in [0.2, 0.25) is 0 Å². The highest BCUT2D eigenvalue weighted by atomic mass is 79.9. The van der Waals surface area contributed by atoms with Crippen molar-refractivity contribution in [1.29, 1.82) is 0 Å².